The number of halogens is 1. The van der Waals surface area contributed by atoms with Crippen LogP contribution in [0.3, 0.4) is 0 Å². The Morgan fingerprint density at radius 2 is 1.45 bits per heavy atom. The van der Waals surface area contributed by atoms with E-state index in [9.17, 15) is 14.7 Å². The highest BCUT2D eigenvalue weighted by atomic mass is 127. The van der Waals surface area contributed by atoms with Crippen LogP contribution in [-0.2, 0) is 15.1 Å². The molecule has 2 N–H and O–H groups in total. The quantitative estimate of drug-likeness (QED) is 0.159. The second-order valence-electron chi connectivity index (χ2n) is 9.35. The first-order valence-electron chi connectivity index (χ1n) is 12.7. The number of nitrogens with zero attached hydrogens (tertiary/aromatic N) is 1. The molecule has 4 aromatic rings. The van der Waals surface area contributed by atoms with E-state index >= 15 is 0 Å². The van der Waals surface area contributed by atoms with Crippen LogP contribution in [0.5, 0.6) is 11.5 Å². The summed E-state index contributed by atoms with van der Waals surface area (Å²) in [5.41, 5.74) is 0.332. The van der Waals surface area contributed by atoms with Gasteiger partial charge in [0.1, 0.15) is 33.5 Å². The van der Waals surface area contributed by atoms with Crippen molar-refractivity contribution in [3.63, 3.8) is 0 Å². The number of aliphatic hydroxyl groups excluding tert-OH is 1. The van der Waals surface area contributed by atoms with Crippen LogP contribution < -0.4 is 20.7 Å². The molecule has 10 heteroatoms. The summed E-state index contributed by atoms with van der Waals surface area (Å²) in [7, 11) is 3.23. The summed E-state index contributed by atoms with van der Waals surface area (Å²) in [6, 6.07) is 26.4. The van der Waals surface area contributed by atoms with Crippen molar-refractivity contribution in [2.45, 2.75) is 34.6 Å². The van der Waals surface area contributed by atoms with Crippen molar-refractivity contribution >= 4 is 22.6 Å². The Hall–Kier alpha value is -3.45. The van der Waals surface area contributed by atoms with Crippen LogP contribution >= 0.6 is 22.6 Å². The average Bonchev–Trinajstić information content (AvgIpc) is 3.37. The Balaban J connectivity index is 1.58. The lowest BCUT2D eigenvalue weighted by Crippen LogP contribution is -2.42. The number of methoxy groups -OCH3 is 2. The molecule has 1 saturated heterocycles. The van der Waals surface area contributed by atoms with E-state index in [1.54, 1.807) is 14.2 Å². The molecule has 0 saturated carbocycles. The number of H-pyrrole nitrogens is 1. The summed E-state index contributed by atoms with van der Waals surface area (Å²) in [5, 5.41) is 11.1. The second-order valence-corrected chi connectivity index (χ2v) is 10.6. The third-order valence-corrected chi connectivity index (χ3v) is 7.98. The molecule has 0 aliphatic carbocycles. The zero-order valence-electron chi connectivity index (χ0n) is 21.9. The van der Waals surface area contributed by atoms with E-state index in [1.807, 2.05) is 78.9 Å². The van der Waals surface area contributed by atoms with Gasteiger partial charge in [-0.05, 0) is 63.5 Å². The Morgan fingerprint density at radius 3 is 1.98 bits per heavy atom. The standard InChI is InChI=1S/C30H29IN2O7/c1-37-22-12-8-20(9-13-22)30(19-6-4-3-5-7-19,21-10-14-23(38-2)15-11-21)40-28(31)27-24(34)18-26(39-27)33-17-16-25(35)32-29(33)36/h3-17,24,26-28,34H,18H2,1-2H3,(H,32,35,36)/t24-,26+,27-,28+/m0/s1. The van der Waals surface area contributed by atoms with Crippen molar-refractivity contribution in [1.82, 2.24) is 9.55 Å². The van der Waals surface area contributed by atoms with Crippen LogP contribution in [0.15, 0.2) is 101 Å². The van der Waals surface area contributed by atoms with Crippen molar-refractivity contribution < 1.29 is 24.1 Å². The lowest BCUT2D eigenvalue weighted by atomic mass is 9.80. The van der Waals surface area contributed by atoms with E-state index in [0.717, 1.165) is 16.7 Å². The van der Waals surface area contributed by atoms with Crippen LogP contribution in [0.4, 0.5) is 0 Å². The molecule has 1 aliphatic rings. The van der Waals surface area contributed by atoms with E-state index in [2.05, 4.69) is 27.6 Å². The topological polar surface area (TPSA) is 112 Å². The number of aromatic nitrogens is 2. The van der Waals surface area contributed by atoms with Crippen LogP contribution in [0.2, 0.25) is 0 Å². The van der Waals surface area contributed by atoms with Gasteiger partial charge in [0.2, 0.25) is 0 Å². The number of nitrogens with one attached hydrogen (secondary N) is 1. The van der Waals surface area contributed by atoms with Crippen molar-refractivity contribution in [3.05, 3.63) is 129 Å². The molecule has 2 heterocycles. The number of ether oxygens (including phenoxy) is 4. The molecule has 0 spiro atoms. The van der Waals surface area contributed by atoms with Gasteiger partial charge < -0.3 is 24.1 Å². The van der Waals surface area contributed by atoms with Gasteiger partial charge in [-0.25, -0.2) is 4.79 Å². The maximum Gasteiger partial charge on any atom is 0.330 e. The summed E-state index contributed by atoms with van der Waals surface area (Å²) >= 11 is 2.13. The minimum Gasteiger partial charge on any atom is -0.497 e. The van der Waals surface area contributed by atoms with Gasteiger partial charge in [-0.1, -0.05) is 54.6 Å². The predicted octanol–water partition coefficient (Wildman–Crippen LogP) is 3.97. The number of hydrogen-bond acceptors (Lipinski definition) is 7. The first kappa shape index (κ1) is 28.1. The third kappa shape index (κ3) is 5.44. The number of rotatable bonds is 9. The monoisotopic (exact) mass is 656 g/mol. The Kier molecular flexibility index (Phi) is 8.40. The largest absolute Gasteiger partial charge is 0.497 e. The normalized spacial score (nSPS) is 19.8. The van der Waals surface area contributed by atoms with Gasteiger partial charge in [-0.2, -0.15) is 0 Å². The molecule has 0 unspecified atom stereocenters. The average molecular weight is 656 g/mol. The van der Waals surface area contributed by atoms with Gasteiger partial charge in [0.25, 0.3) is 5.56 Å². The highest BCUT2D eigenvalue weighted by molar-refractivity contribution is 14.1. The molecule has 0 bridgehead atoms. The smallest absolute Gasteiger partial charge is 0.330 e. The summed E-state index contributed by atoms with van der Waals surface area (Å²) < 4.78 is 24.6. The molecule has 40 heavy (non-hydrogen) atoms. The molecule has 1 aliphatic heterocycles. The number of alkyl halides is 1. The highest BCUT2D eigenvalue weighted by Gasteiger charge is 2.46. The summed E-state index contributed by atoms with van der Waals surface area (Å²) in [6.45, 7) is 0. The fourth-order valence-electron chi connectivity index (χ4n) is 5.00. The molecule has 1 aromatic heterocycles. The maximum absolute atomic E-state index is 12.4. The predicted molar refractivity (Wildman–Crippen MR) is 157 cm³/mol. The second kappa shape index (κ2) is 12.0. The molecule has 4 atom stereocenters. The number of aromatic amines is 1. The Bertz CT molecular complexity index is 1490. The zero-order valence-corrected chi connectivity index (χ0v) is 24.1. The summed E-state index contributed by atoms with van der Waals surface area (Å²) in [6.07, 6.45) is -0.941. The van der Waals surface area contributed by atoms with Gasteiger partial charge in [-0.3, -0.25) is 14.3 Å². The fourth-order valence-corrected chi connectivity index (χ4v) is 6.03. The van der Waals surface area contributed by atoms with Crippen molar-refractivity contribution in [3.8, 4) is 11.5 Å². The lowest BCUT2D eigenvalue weighted by Gasteiger charge is -2.39. The highest BCUT2D eigenvalue weighted by Crippen LogP contribution is 2.45. The SMILES string of the molecule is COc1ccc(C(O[C@@H](I)[C@H]2O[C@@H](n3ccc(=O)[nH]c3=O)C[C@@H]2O)(c2ccccc2)c2ccc(OC)cc2)cc1. The Labute approximate surface area is 244 Å². The van der Waals surface area contributed by atoms with Crippen LogP contribution in [-0.4, -0.2) is 45.2 Å². The third-order valence-electron chi connectivity index (χ3n) is 7.02. The molecule has 5 rings (SSSR count). The van der Waals surface area contributed by atoms with Gasteiger partial charge in [-0.15, -0.1) is 0 Å². The number of benzene rings is 3. The maximum atomic E-state index is 12.4. The van der Waals surface area contributed by atoms with E-state index < -0.39 is 39.4 Å². The molecule has 0 amide bonds. The van der Waals surface area contributed by atoms with Crippen LogP contribution in [0.25, 0.3) is 0 Å². The van der Waals surface area contributed by atoms with Crippen molar-refractivity contribution in [2.75, 3.05) is 14.2 Å². The lowest BCUT2D eigenvalue weighted by molar-refractivity contribution is -0.103. The first-order chi connectivity index (χ1) is 19.3. The van der Waals surface area contributed by atoms with Crippen LogP contribution in [0, 0.1) is 0 Å². The van der Waals surface area contributed by atoms with E-state index in [-0.39, 0.29) is 6.42 Å². The van der Waals surface area contributed by atoms with E-state index in [0.29, 0.717) is 11.5 Å². The zero-order chi connectivity index (χ0) is 28.3. The van der Waals surface area contributed by atoms with Gasteiger partial charge in [0.05, 0.1) is 20.3 Å². The summed E-state index contributed by atoms with van der Waals surface area (Å²) in [5.74, 6) is 1.41. The van der Waals surface area contributed by atoms with Crippen molar-refractivity contribution in [2.24, 2.45) is 0 Å². The summed E-state index contributed by atoms with van der Waals surface area (Å²) in [4.78, 5) is 26.2. The number of aliphatic hydroxyl groups is 1. The fraction of sp³-hybridized carbons (Fsp3) is 0.267. The minimum atomic E-state index is -1.11. The van der Waals surface area contributed by atoms with Gasteiger partial charge in [0, 0.05) is 18.7 Å². The molecular weight excluding hydrogens is 627 g/mol. The Morgan fingerprint density at radius 1 is 0.900 bits per heavy atom. The minimum absolute atomic E-state index is 0.156. The first-order valence-corrected chi connectivity index (χ1v) is 13.9. The molecule has 208 valence electrons. The van der Waals surface area contributed by atoms with Gasteiger partial charge >= 0.3 is 5.69 Å². The molecule has 0 radical (unpaired) electrons. The van der Waals surface area contributed by atoms with Gasteiger partial charge in [0.15, 0.2) is 0 Å². The van der Waals surface area contributed by atoms with Crippen LogP contribution in [0.1, 0.15) is 29.3 Å². The molecular formula is C30H29IN2O7. The van der Waals surface area contributed by atoms with E-state index in [1.165, 1.54) is 16.8 Å². The van der Waals surface area contributed by atoms with Crippen molar-refractivity contribution in [1.29, 1.82) is 0 Å². The number of hydrogen-bond donors (Lipinski definition) is 2. The molecule has 1 fully saturated rings. The molecule has 3 aromatic carbocycles. The van der Waals surface area contributed by atoms with E-state index in [4.69, 9.17) is 18.9 Å². The molecule has 9 nitrogen and oxygen atoms in total.